The Morgan fingerprint density at radius 3 is 2.28 bits per heavy atom. The van der Waals surface area contributed by atoms with Gasteiger partial charge in [0, 0.05) is 13.5 Å². The molecule has 0 saturated carbocycles. The highest BCUT2D eigenvalue weighted by molar-refractivity contribution is 7.59. The van der Waals surface area contributed by atoms with Gasteiger partial charge in [-0.25, -0.2) is 14.4 Å². The predicted molar refractivity (Wildman–Crippen MR) is 128 cm³/mol. The molecule has 0 saturated heterocycles. The van der Waals surface area contributed by atoms with E-state index in [4.69, 9.17) is 0 Å². The van der Waals surface area contributed by atoms with Crippen LogP contribution >= 0.6 is 13.5 Å². The van der Waals surface area contributed by atoms with Gasteiger partial charge in [0.05, 0.1) is 5.69 Å². The van der Waals surface area contributed by atoms with Crippen LogP contribution in [-0.2, 0) is 17.6 Å². The number of fused-ring (bicyclic) bond motifs is 1. The molecular formula is C24H27FN4O2S. The second kappa shape index (κ2) is 9.67. The summed E-state index contributed by atoms with van der Waals surface area (Å²) in [6.07, 6.45) is 0.606. The van der Waals surface area contributed by atoms with E-state index in [9.17, 15) is 14.3 Å². The zero-order chi connectivity index (χ0) is 22.1. The van der Waals surface area contributed by atoms with E-state index < -0.39 is 6.10 Å². The number of hydrogen-bond acceptors (Lipinski definition) is 5. The maximum atomic E-state index is 13.1. The van der Waals surface area contributed by atoms with Crippen LogP contribution in [0, 0.1) is 12.7 Å². The second-order valence-electron chi connectivity index (χ2n) is 7.90. The Hall–Kier alpha value is -2.97. The van der Waals surface area contributed by atoms with Crippen molar-refractivity contribution in [3.63, 3.8) is 0 Å². The number of benzene rings is 2. The maximum absolute atomic E-state index is 13.1. The number of carbonyl (C=O) groups is 1. The minimum absolute atomic E-state index is 0. The Balaban J connectivity index is 0.00000289. The van der Waals surface area contributed by atoms with Crippen molar-refractivity contribution in [2.24, 2.45) is 0 Å². The molecule has 1 aliphatic heterocycles. The van der Waals surface area contributed by atoms with E-state index in [0.29, 0.717) is 17.7 Å². The summed E-state index contributed by atoms with van der Waals surface area (Å²) in [5.41, 5.74) is 3.93. The Kier molecular flexibility index (Phi) is 7.16. The number of likely N-dealkylation sites (N-methyl/N-ethyl adjacent to an activating group) is 1. The van der Waals surface area contributed by atoms with E-state index >= 15 is 0 Å². The number of aliphatic hydroxyl groups is 1. The fourth-order valence-electron chi connectivity index (χ4n) is 3.68. The summed E-state index contributed by atoms with van der Waals surface area (Å²) in [5, 5.41) is 13.4. The van der Waals surface area contributed by atoms with Gasteiger partial charge in [-0.15, -0.1) is 0 Å². The molecule has 0 aliphatic carbocycles. The highest BCUT2D eigenvalue weighted by Crippen LogP contribution is 2.31. The van der Waals surface area contributed by atoms with Gasteiger partial charge in [0.25, 0.3) is 0 Å². The molecule has 8 heteroatoms. The quantitative estimate of drug-likeness (QED) is 0.615. The number of aromatic nitrogens is 2. The molecule has 3 aromatic rings. The number of amides is 1. The van der Waals surface area contributed by atoms with E-state index in [1.807, 2.05) is 50.1 Å². The number of hydrogen-bond donors (Lipinski definition) is 2. The van der Waals surface area contributed by atoms with Crippen LogP contribution in [0.5, 0.6) is 0 Å². The molecule has 168 valence electrons. The first-order valence-corrected chi connectivity index (χ1v) is 10.3. The fourth-order valence-corrected chi connectivity index (χ4v) is 3.68. The minimum Gasteiger partial charge on any atom is -0.384 e. The lowest BCUT2D eigenvalue weighted by molar-refractivity contribution is -0.117. The first-order chi connectivity index (χ1) is 14.8. The highest BCUT2D eigenvalue weighted by Gasteiger charge is 2.30. The summed E-state index contributed by atoms with van der Waals surface area (Å²) < 4.78 is 13.1. The number of aliphatic hydroxyl groups excluding tert-OH is 1. The number of nitrogens with zero attached hydrogens (tertiary/aromatic N) is 3. The Morgan fingerprint density at radius 1 is 1.06 bits per heavy atom. The lowest BCUT2D eigenvalue weighted by Crippen LogP contribution is -2.45. The molecule has 0 fully saturated rings. The van der Waals surface area contributed by atoms with Gasteiger partial charge in [-0.1, -0.05) is 36.4 Å². The summed E-state index contributed by atoms with van der Waals surface area (Å²) in [5.74, 6) is 1.08. The van der Waals surface area contributed by atoms with Crippen LogP contribution in [0.3, 0.4) is 0 Å². The predicted octanol–water partition coefficient (Wildman–Crippen LogP) is 3.68. The lowest BCUT2D eigenvalue weighted by atomic mass is 9.99. The van der Waals surface area contributed by atoms with Crippen LogP contribution in [0.25, 0.3) is 0 Å². The average Bonchev–Trinajstić information content (AvgIpc) is 2.77. The normalized spacial score (nSPS) is 16.1. The van der Waals surface area contributed by atoms with Crippen LogP contribution < -0.4 is 10.2 Å². The molecule has 4 rings (SSSR count). The van der Waals surface area contributed by atoms with Gasteiger partial charge in [0.1, 0.15) is 29.5 Å². The van der Waals surface area contributed by atoms with E-state index in [-0.39, 0.29) is 31.3 Å². The van der Waals surface area contributed by atoms with Crippen molar-refractivity contribution in [2.75, 3.05) is 17.3 Å². The molecule has 0 radical (unpaired) electrons. The molecule has 1 unspecified atom stereocenters. The molecule has 1 aromatic heterocycles. The zero-order valence-electron chi connectivity index (χ0n) is 18.3. The Labute approximate surface area is 194 Å². The van der Waals surface area contributed by atoms with E-state index in [1.54, 1.807) is 12.1 Å². The number of rotatable bonds is 5. The molecule has 32 heavy (non-hydrogen) atoms. The number of anilines is 2. The standard InChI is InChI=1S/C24H25FN4O2.H2S/c1-14-21-23(29(3)15(2)24(31)28-21)27-20(26-14)13-6-16-4-7-17(8-5-16)22(30)18-9-11-19(25)12-10-18;/h4-5,7-12,15,22,30H,6,13H2,1-3H3,(H,28,31);1H2/t15-,22?;/m0./s1. The summed E-state index contributed by atoms with van der Waals surface area (Å²) in [6.45, 7) is 3.72. The number of nitrogens with one attached hydrogen (secondary N) is 1. The molecule has 1 amide bonds. The molecule has 2 aromatic carbocycles. The fraction of sp³-hybridized carbons (Fsp3) is 0.292. The van der Waals surface area contributed by atoms with Crippen LogP contribution in [0.1, 0.15) is 41.2 Å². The van der Waals surface area contributed by atoms with Crippen molar-refractivity contribution in [3.05, 3.63) is 82.6 Å². The third-order valence-electron chi connectivity index (χ3n) is 5.78. The summed E-state index contributed by atoms with van der Waals surface area (Å²) in [6, 6.07) is 13.3. The topological polar surface area (TPSA) is 78.4 Å². The van der Waals surface area contributed by atoms with Crippen molar-refractivity contribution in [1.29, 1.82) is 0 Å². The van der Waals surface area contributed by atoms with E-state index in [1.165, 1.54) is 12.1 Å². The van der Waals surface area contributed by atoms with E-state index in [2.05, 4.69) is 15.3 Å². The molecule has 2 heterocycles. The van der Waals surface area contributed by atoms with Crippen LogP contribution in [-0.4, -0.2) is 34.1 Å². The average molecular weight is 455 g/mol. The zero-order valence-corrected chi connectivity index (χ0v) is 19.3. The van der Waals surface area contributed by atoms with Crippen molar-refractivity contribution in [1.82, 2.24) is 9.97 Å². The summed E-state index contributed by atoms with van der Waals surface area (Å²) in [4.78, 5) is 23.2. The van der Waals surface area contributed by atoms with Gasteiger partial charge in [-0.2, -0.15) is 13.5 Å². The molecule has 6 nitrogen and oxygen atoms in total. The lowest BCUT2D eigenvalue weighted by Gasteiger charge is -2.32. The third-order valence-corrected chi connectivity index (χ3v) is 5.78. The minimum atomic E-state index is -0.797. The van der Waals surface area contributed by atoms with Crippen molar-refractivity contribution in [3.8, 4) is 0 Å². The van der Waals surface area contributed by atoms with Crippen LogP contribution in [0.4, 0.5) is 15.9 Å². The van der Waals surface area contributed by atoms with Gasteiger partial charge in [0.2, 0.25) is 5.91 Å². The number of aryl methyl sites for hydroxylation is 3. The van der Waals surface area contributed by atoms with E-state index in [0.717, 1.165) is 34.9 Å². The molecule has 0 spiro atoms. The maximum Gasteiger partial charge on any atom is 0.246 e. The Morgan fingerprint density at radius 2 is 1.66 bits per heavy atom. The third kappa shape index (κ3) is 4.76. The molecule has 2 N–H and O–H groups in total. The first kappa shape index (κ1) is 23.7. The van der Waals surface area contributed by atoms with Crippen molar-refractivity contribution >= 4 is 30.9 Å². The molecule has 2 atom stereocenters. The van der Waals surface area contributed by atoms with Crippen LogP contribution in [0.2, 0.25) is 0 Å². The van der Waals surface area contributed by atoms with Gasteiger partial charge >= 0.3 is 0 Å². The van der Waals surface area contributed by atoms with Gasteiger partial charge < -0.3 is 15.3 Å². The van der Waals surface area contributed by atoms with Gasteiger partial charge in [-0.05, 0) is 49.1 Å². The summed E-state index contributed by atoms with van der Waals surface area (Å²) >= 11 is 0. The number of halogens is 1. The van der Waals surface area contributed by atoms with Gasteiger partial charge in [-0.3, -0.25) is 4.79 Å². The number of carbonyl (C=O) groups excluding carboxylic acids is 1. The monoisotopic (exact) mass is 454 g/mol. The highest BCUT2D eigenvalue weighted by atomic mass is 32.1. The molecular weight excluding hydrogens is 427 g/mol. The second-order valence-corrected chi connectivity index (χ2v) is 7.90. The largest absolute Gasteiger partial charge is 0.384 e. The first-order valence-electron chi connectivity index (χ1n) is 10.3. The van der Waals surface area contributed by atoms with Gasteiger partial charge in [0.15, 0.2) is 5.82 Å². The Bertz CT molecular complexity index is 1110. The van der Waals surface area contributed by atoms with Crippen molar-refractivity contribution in [2.45, 2.75) is 38.8 Å². The van der Waals surface area contributed by atoms with Crippen LogP contribution in [0.15, 0.2) is 48.5 Å². The summed E-state index contributed by atoms with van der Waals surface area (Å²) in [7, 11) is 1.86. The molecule has 0 bridgehead atoms. The molecule has 1 aliphatic rings. The smallest absolute Gasteiger partial charge is 0.246 e. The SMILES string of the molecule is Cc1nc(CCc2ccc(C(O)c3ccc(F)cc3)cc2)nc2c1NC(=O)[C@H](C)N2C.S. The van der Waals surface area contributed by atoms with Crippen molar-refractivity contribution < 1.29 is 14.3 Å².